The van der Waals surface area contributed by atoms with Gasteiger partial charge in [0, 0.05) is 5.92 Å². The van der Waals surface area contributed by atoms with E-state index >= 15 is 0 Å². The van der Waals surface area contributed by atoms with Crippen molar-refractivity contribution in [1.82, 2.24) is 0 Å². The third-order valence-electron chi connectivity index (χ3n) is 2.48. The first-order valence-electron chi connectivity index (χ1n) is 3.63. The second-order valence-electron chi connectivity index (χ2n) is 3.62. The Bertz CT molecular complexity index is 241. The summed E-state index contributed by atoms with van der Waals surface area (Å²) in [6.07, 6.45) is -1.06. The third-order valence-corrected chi connectivity index (χ3v) is 2.48. The van der Waals surface area contributed by atoms with Crippen LogP contribution >= 0.6 is 0 Å². The molecule has 0 bridgehead atoms. The molecule has 2 nitrogen and oxygen atoms in total. The smallest absolute Gasteiger partial charge is 0.307 e. The highest BCUT2D eigenvalue weighted by atomic mass is 19.3. The van der Waals surface area contributed by atoms with Crippen LogP contribution in [-0.4, -0.2) is 11.1 Å². The SMILES string of the molecule is CC1(C)[C@H](C=C(F)F)[C@H]1C(=O)O. The standard InChI is InChI=1S/C8H10F2O2/c1-8(2)4(3-5(9)10)6(8)7(11)12/h3-4,6H,1-2H3,(H,11,12)/t4-,6+/m1/s1. The first kappa shape index (κ1) is 9.16. The molecule has 1 saturated carbocycles. The van der Waals surface area contributed by atoms with Crippen LogP contribution in [0.15, 0.2) is 12.2 Å². The van der Waals surface area contributed by atoms with Crippen molar-refractivity contribution in [3.63, 3.8) is 0 Å². The molecule has 0 aliphatic heterocycles. The van der Waals surface area contributed by atoms with Gasteiger partial charge in [0.1, 0.15) is 0 Å². The molecule has 0 unspecified atom stereocenters. The highest BCUT2D eigenvalue weighted by Gasteiger charge is 2.61. The summed E-state index contributed by atoms with van der Waals surface area (Å²) in [5.74, 6) is -2.17. The van der Waals surface area contributed by atoms with Crippen molar-refractivity contribution in [2.75, 3.05) is 0 Å². The van der Waals surface area contributed by atoms with Crippen molar-refractivity contribution in [3.8, 4) is 0 Å². The largest absolute Gasteiger partial charge is 0.481 e. The molecule has 1 fully saturated rings. The lowest BCUT2D eigenvalue weighted by Crippen LogP contribution is -2.02. The number of aliphatic carboxylic acids is 1. The van der Waals surface area contributed by atoms with E-state index in [-0.39, 0.29) is 0 Å². The summed E-state index contributed by atoms with van der Waals surface area (Å²) in [7, 11) is 0. The molecule has 12 heavy (non-hydrogen) atoms. The Morgan fingerprint density at radius 2 is 2.00 bits per heavy atom. The lowest BCUT2D eigenvalue weighted by atomic mass is 10.1. The maximum atomic E-state index is 11.8. The summed E-state index contributed by atoms with van der Waals surface area (Å²) in [5, 5.41) is 8.60. The Labute approximate surface area is 68.9 Å². The number of carboxylic acids is 1. The second-order valence-corrected chi connectivity index (χ2v) is 3.62. The Balaban J connectivity index is 2.73. The van der Waals surface area contributed by atoms with Crippen LogP contribution in [0.4, 0.5) is 8.78 Å². The van der Waals surface area contributed by atoms with Crippen LogP contribution in [0.1, 0.15) is 13.8 Å². The molecule has 1 N–H and O–H groups in total. The van der Waals surface area contributed by atoms with Crippen LogP contribution in [0.3, 0.4) is 0 Å². The van der Waals surface area contributed by atoms with Gasteiger partial charge in [-0.05, 0) is 11.5 Å². The molecule has 68 valence electrons. The minimum Gasteiger partial charge on any atom is -0.481 e. The number of rotatable bonds is 2. The van der Waals surface area contributed by atoms with E-state index < -0.39 is 29.3 Å². The van der Waals surface area contributed by atoms with E-state index in [9.17, 15) is 13.6 Å². The van der Waals surface area contributed by atoms with Gasteiger partial charge >= 0.3 is 5.97 Å². The molecule has 0 saturated heterocycles. The highest BCUT2D eigenvalue weighted by molar-refractivity contribution is 5.76. The zero-order valence-corrected chi connectivity index (χ0v) is 6.84. The fourth-order valence-corrected chi connectivity index (χ4v) is 1.60. The molecule has 0 radical (unpaired) electrons. The van der Waals surface area contributed by atoms with Gasteiger partial charge in [0.25, 0.3) is 6.08 Å². The molecule has 1 aliphatic carbocycles. The van der Waals surface area contributed by atoms with Gasteiger partial charge in [-0.2, -0.15) is 8.78 Å². The molecule has 2 atom stereocenters. The van der Waals surface area contributed by atoms with E-state index in [0.29, 0.717) is 0 Å². The first-order valence-corrected chi connectivity index (χ1v) is 3.63. The number of hydrogen-bond acceptors (Lipinski definition) is 1. The third kappa shape index (κ3) is 1.33. The maximum Gasteiger partial charge on any atom is 0.307 e. The molecular weight excluding hydrogens is 166 g/mol. The predicted octanol–water partition coefficient (Wildman–Crippen LogP) is 2.12. The van der Waals surface area contributed by atoms with E-state index in [1.54, 1.807) is 13.8 Å². The summed E-state index contributed by atoms with van der Waals surface area (Å²) in [5.41, 5.74) is -0.519. The predicted molar refractivity (Wildman–Crippen MR) is 38.7 cm³/mol. The van der Waals surface area contributed by atoms with Crippen molar-refractivity contribution in [2.24, 2.45) is 17.3 Å². The fraction of sp³-hybridized carbons (Fsp3) is 0.625. The summed E-state index contributed by atoms with van der Waals surface area (Å²) < 4.78 is 23.5. The molecular formula is C8H10F2O2. The van der Waals surface area contributed by atoms with Crippen molar-refractivity contribution >= 4 is 5.97 Å². The van der Waals surface area contributed by atoms with E-state index in [2.05, 4.69) is 0 Å². The highest BCUT2D eigenvalue weighted by Crippen LogP contribution is 2.59. The monoisotopic (exact) mass is 176 g/mol. The molecule has 1 aliphatic rings. The van der Waals surface area contributed by atoms with Gasteiger partial charge in [-0.1, -0.05) is 13.8 Å². The fourth-order valence-electron chi connectivity index (χ4n) is 1.60. The van der Waals surface area contributed by atoms with Gasteiger partial charge in [-0.15, -0.1) is 0 Å². The van der Waals surface area contributed by atoms with Crippen LogP contribution in [0.5, 0.6) is 0 Å². The van der Waals surface area contributed by atoms with Gasteiger partial charge in [-0.3, -0.25) is 4.79 Å². The van der Waals surface area contributed by atoms with Gasteiger partial charge < -0.3 is 5.11 Å². The number of carbonyl (C=O) groups is 1. The van der Waals surface area contributed by atoms with Crippen LogP contribution in [0.2, 0.25) is 0 Å². The summed E-state index contributed by atoms with van der Waals surface area (Å²) in [6.45, 7) is 3.35. The van der Waals surface area contributed by atoms with Crippen molar-refractivity contribution in [3.05, 3.63) is 12.2 Å². The molecule has 0 spiro atoms. The average Bonchev–Trinajstić information content (AvgIpc) is 2.32. The van der Waals surface area contributed by atoms with Crippen LogP contribution in [-0.2, 0) is 4.79 Å². The Morgan fingerprint density at radius 1 is 1.50 bits per heavy atom. The second kappa shape index (κ2) is 2.54. The van der Waals surface area contributed by atoms with E-state index in [4.69, 9.17) is 5.11 Å². The Hall–Kier alpha value is -0.930. The van der Waals surface area contributed by atoms with Crippen molar-refractivity contribution in [2.45, 2.75) is 13.8 Å². The quantitative estimate of drug-likeness (QED) is 0.699. The molecule has 1 rings (SSSR count). The minimum atomic E-state index is -1.79. The lowest BCUT2D eigenvalue weighted by molar-refractivity contribution is -0.139. The molecule has 0 aromatic heterocycles. The molecule has 0 aromatic rings. The van der Waals surface area contributed by atoms with Crippen LogP contribution in [0.25, 0.3) is 0 Å². The molecule has 0 aromatic carbocycles. The zero-order chi connectivity index (χ0) is 9.52. The normalized spacial score (nSPS) is 31.0. The number of carboxylic acid groups (broad SMARTS) is 1. The topological polar surface area (TPSA) is 37.3 Å². The summed E-state index contributed by atoms with van der Waals surface area (Å²) in [4.78, 5) is 10.5. The Kier molecular flexibility index (Phi) is 1.94. The van der Waals surface area contributed by atoms with Gasteiger partial charge in [-0.25, -0.2) is 0 Å². The van der Waals surface area contributed by atoms with Crippen LogP contribution < -0.4 is 0 Å². The van der Waals surface area contributed by atoms with Gasteiger partial charge in [0.05, 0.1) is 5.92 Å². The van der Waals surface area contributed by atoms with Crippen LogP contribution in [0, 0.1) is 17.3 Å². The lowest BCUT2D eigenvalue weighted by Gasteiger charge is -1.95. The number of allylic oxidation sites excluding steroid dienone is 1. The van der Waals surface area contributed by atoms with E-state index in [1.165, 1.54) is 0 Å². The molecule has 0 amide bonds. The maximum absolute atomic E-state index is 11.8. The van der Waals surface area contributed by atoms with Gasteiger partial charge in [0.2, 0.25) is 0 Å². The Morgan fingerprint density at radius 3 is 2.25 bits per heavy atom. The molecule has 4 heteroatoms. The van der Waals surface area contributed by atoms with E-state index in [0.717, 1.165) is 6.08 Å². The van der Waals surface area contributed by atoms with Crippen molar-refractivity contribution in [1.29, 1.82) is 0 Å². The minimum absolute atomic E-state index is 0.514. The van der Waals surface area contributed by atoms with E-state index in [1.807, 2.05) is 0 Å². The molecule has 0 heterocycles. The first-order chi connectivity index (χ1) is 5.37. The number of hydrogen-bond donors (Lipinski definition) is 1. The number of halogens is 2. The van der Waals surface area contributed by atoms with Gasteiger partial charge in [0.15, 0.2) is 0 Å². The van der Waals surface area contributed by atoms with Crippen molar-refractivity contribution < 1.29 is 18.7 Å². The summed E-state index contributed by atoms with van der Waals surface area (Å²) >= 11 is 0. The summed E-state index contributed by atoms with van der Waals surface area (Å²) in [6, 6.07) is 0. The zero-order valence-electron chi connectivity index (χ0n) is 6.84. The average molecular weight is 176 g/mol.